The summed E-state index contributed by atoms with van der Waals surface area (Å²) in [7, 11) is 0. The Bertz CT molecular complexity index is 1090. The van der Waals surface area contributed by atoms with E-state index in [1.807, 2.05) is 62.4 Å². The van der Waals surface area contributed by atoms with Crippen LogP contribution in [0.2, 0.25) is 10.0 Å². The van der Waals surface area contributed by atoms with E-state index in [0.29, 0.717) is 34.3 Å². The highest BCUT2D eigenvalue weighted by atomic mass is 35.5. The fraction of sp³-hybridized carbons (Fsp3) is 0.286. The molecule has 0 aliphatic heterocycles. The van der Waals surface area contributed by atoms with Gasteiger partial charge in [0.1, 0.15) is 11.8 Å². The molecular formula is C28H30Cl2N2O3. The average molecular weight is 513 g/mol. The van der Waals surface area contributed by atoms with Crippen molar-refractivity contribution in [2.24, 2.45) is 5.92 Å². The molecule has 0 saturated carbocycles. The zero-order valence-electron chi connectivity index (χ0n) is 19.9. The first-order chi connectivity index (χ1) is 16.8. The molecule has 0 spiro atoms. The monoisotopic (exact) mass is 512 g/mol. The number of carbonyl (C=O) groups is 2. The van der Waals surface area contributed by atoms with Crippen molar-refractivity contribution >= 4 is 35.0 Å². The predicted molar refractivity (Wildman–Crippen MR) is 141 cm³/mol. The molecule has 1 N–H and O–H groups in total. The van der Waals surface area contributed by atoms with E-state index in [4.69, 9.17) is 27.9 Å². The topological polar surface area (TPSA) is 58.6 Å². The van der Waals surface area contributed by atoms with E-state index in [2.05, 4.69) is 5.32 Å². The van der Waals surface area contributed by atoms with Gasteiger partial charge in [0.25, 0.3) is 5.91 Å². The summed E-state index contributed by atoms with van der Waals surface area (Å²) in [5.41, 5.74) is 1.52. The molecule has 0 unspecified atom stereocenters. The Labute approximate surface area is 217 Å². The Morgan fingerprint density at radius 3 is 2.09 bits per heavy atom. The first-order valence-electron chi connectivity index (χ1n) is 11.6. The van der Waals surface area contributed by atoms with Crippen LogP contribution < -0.4 is 10.1 Å². The van der Waals surface area contributed by atoms with Crippen molar-refractivity contribution in [3.8, 4) is 5.75 Å². The number of benzene rings is 3. The van der Waals surface area contributed by atoms with E-state index in [-0.39, 0.29) is 30.9 Å². The predicted octanol–water partition coefficient (Wildman–Crippen LogP) is 5.78. The minimum atomic E-state index is -0.782. The van der Waals surface area contributed by atoms with Gasteiger partial charge < -0.3 is 15.0 Å². The van der Waals surface area contributed by atoms with Crippen molar-refractivity contribution in [3.05, 3.63) is 100 Å². The summed E-state index contributed by atoms with van der Waals surface area (Å²) in [5.74, 6) is 0.254. The molecule has 0 fully saturated rings. The fourth-order valence-corrected chi connectivity index (χ4v) is 4.09. The van der Waals surface area contributed by atoms with Gasteiger partial charge in [-0.25, -0.2) is 0 Å². The summed E-state index contributed by atoms with van der Waals surface area (Å²) >= 11 is 12.9. The maximum absolute atomic E-state index is 13.6. The lowest BCUT2D eigenvalue weighted by Crippen LogP contribution is -2.52. The van der Waals surface area contributed by atoms with Gasteiger partial charge in [-0.15, -0.1) is 0 Å². The van der Waals surface area contributed by atoms with Gasteiger partial charge in [0.2, 0.25) is 5.91 Å². The van der Waals surface area contributed by atoms with Crippen LogP contribution in [0.25, 0.3) is 0 Å². The molecule has 0 aliphatic rings. The smallest absolute Gasteiger partial charge is 0.261 e. The van der Waals surface area contributed by atoms with Crippen molar-refractivity contribution < 1.29 is 14.3 Å². The summed E-state index contributed by atoms with van der Waals surface area (Å²) in [6.45, 7) is 4.38. The van der Waals surface area contributed by atoms with Crippen LogP contribution in [0.3, 0.4) is 0 Å². The summed E-state index contributed by atoms with van der Waals surface area (Å²) in [5, 5.41) is 3.85. The Kier molecular flexibility index (Phi) is 10.0. The number of nitrogens with zero attached hydrogens (tertiary/aromatic N) is 1. The van der Waals surface area contributed by atoms with Crippen LogP contribution in [-0.2, 0) is 22.6 Å². The SMILES string of the molecule is CC(C)CNC(=O)[C@H](Cc1ccccc1)N(Cc1c(Cl)cccc1Cl)C(=O)COc1ccccc1. The number of hydrogen-bond donors (Lipinski definition) is 1. The number of nitrogens with one attached hydrogen (secondary N) is 1. The van der Waals surface area contributed by atoms with Crippen LogP contribution in [-0.4, -0.2) is 35.9 Å². The molecule has 7 heteroatoms. The number of para-hydroxylation sites is 1. The van der Waals surface area contributed by atoms with Gasteiger partial charge in [-0.2, -0.15) is 0 Å². The first-order valence-corrected chi connectivity index (χ1v) is 12.3. The molecule has 184 valence electrons. The molecule has 0 bridgehead atoms. The average Bonchev–Trinajstić information content (AvgIpc) is 2.86. The molecule has 3 aromatic rings. The highest BCUT2D eigenvalue weighted by molar-refractivity contribution is 6.36. The Hall–Kier alpha value is -3.02. The van der Waals surface area contributed by atoms with Crippen molar-refractivity contribution in [2.45, 2.75) is 32.9 Å². The van der Waals surface area contributed by atoms with Crippen LogP contribution in [0.1, 0.15) is 25.0 Å². The summed E-state index contributed by atoms with van der Waals surface area (Å²) in [4.78, 5) is 28.5. The van der Waals surface area contributed by atoms with Crippen LogP contribution in [0.5, 0.6) is 5.75 Å². The van der Waals surface area contributed by atoms with Gasteiger partial charge in [-0.05, 0) is 35.7 Å². The number of rotatable bonds is 11. The number of hydrogen-bond acceptors (Lipinski definition) is 3. The highest BCUT2D eigenvalue weighted by Crippen LogP contribution is 2.27. The van der Waals surface area contributed by atoms with E-state index in [9.17, 15) is 9.59 Å². The second-order valence-corrected chi connectivity index (χ2v) is 9.48. The van der Waals surface area contributed by atoms with E-state index in [0.717, 1.165) is 5.56 Å². The van der Waals surface area contributed by atoms with E-state index >= 15 is 0 Å². The number of amides is 2. The Morgan fingerprint density at radius 1 is 0.886 bits per heavy atom. The summed E-state index contributed by atoms with van der Waals surface area (Å²) < 4.78 is 5.74. The maximum atomic E-state index is 13.6. The summed E-state index contributed by atoms with van der Waals surface area (Å²) in [6, 6.07) is 23.1. The molecule has 3 rings (SSSR count). The van der Waals surface area contributed by atoms with Gasteiger partial charge in [0.05, 0.1) is 0 Å². The normalized spacial score (nSPS) is 11.7. The highest BCUT2D eigenvalue weighted by Gasteiger charge is 2.31. The van der Waals surface area contributed by atoms with Crippen molar-refractivity contribution in [1.29, 1.82) is 0 Å². The van der Waals surface area contributed by atoms with Crippen LogP contribution in [0, 0.1) is 5.92 Å². The second kappa shape index (κ2) is 13.2. The van der Waals surface area contributed by atoms with E-state index < -0.39 is 6.04 Å². The van der Waals surface area contributed by atoms with E-state index in [1.54, 1.807) is 30.3 Å². The number of ether oxygens (including phenoxy) is 1. The molecule has 0 aromatic heterocycles. The van der Waals surface area contributed by atoms with Gasteiger partial charge in [0, 0.05) is 35.1 Å². The third-order valence-corrected chi connectivity index (χ3v) is 6.16. The van der Waals surface area contributed by atoms with Crippen LogP contribution >= 0.6 is 23.2 Å². The van der Waals surface area contributed by atoms with Crippen LogP contribution in [0.4, 0.5) is 0 Å². The standard InChI is InChI=1S/C28H30Cl2N2O3/c1-20(2)17-31-28(34)26(16-21-10-5-3-6-11-21)32(18-23-24(29)14-9-15-25(23)30)27(33)19-35-22-12-7-4-8-13-22/h3-15,20,26H,16-19H2,1-2H3,(H,31,34)/t26-/m0/s1. The number of carbonyl (C=O) groups excluding carboxylic acids is 2. The molecule has 35 heavy (non-hydrogen) atoms. The molecule has 0 saturated heterocycles. The van der Waals surface area contributed by atoms with Crippen molar-refractivity contribution in [2.75, 3.05) is 13.2 Å². The quantitative estimate of drug-likeness (QED) is 0.354. The Morgan fingerprint density at radius 2 is 1.49 bits per heavy atom. The minimum Gasteiger partial charge on any atom is -0.484 e. The molecule has 1 atom stereocenters. The maximum Gasteiger partial charge on any atom is 0.261 e. The molecule has 2 amide bonds. The number of halogens is 2. The summed E-state index contributed by atoms with van der Waals surface area (Å²) in [6.07, 6.45) is 0.337. The van der Waals surface area contributed by atoms with Gasteiger partial charge in [0.15, 0.2) is 6.61 Å². The third kappa shape index (κ3) is 8.01. The minimum absolute atomic E-state index is 0.0715. The zero-order valence-corrected chi connectivity index (χ0v) is 21.4. The van der Waals surface area contributed by atoms with E-state index in [1.165, 1.54) is 4.90 Å². The lowest BCUT2D eigenvalue weighted by Gasteiger charge is -2.32. The zero-order chi connectivity index (χ0) is 25.2. The first kappa shape index (κ1) is 26.6. The van der Waals surface area contributed by atoms with Crippen molar-refractivity contribution in [1.82, 2.24) is 10.2 Å². The largest absolute Gasteiger partial charge is 0.484 e. The molecule has 0 heterocycles. The van der Waals surface area contributed by atoms with Gasteiger partial charge in [-0.1, -0.05) is 91.6 Å². The van der Waals surface area contributed by atoms with Gasteiger partial charge >= 0.3 is 0 Å². The Balaban J connectivity index is 1.94. The van der Waals surface area contributed by atoms with Crippen LogP contribution in [0.15, 0.2) is 78.9 Å². The molecule has 3 aromatic carbocycles. The van der Waals surface area contributed by atoms with Gasteiger partial charge in [-0.3, -0.25) is 9.59 Å². The second-order valence-electron chi connectivity index (χ2n) is 8.67. The molecule has 0 aliphatic carbocycles. The lowest BCUT2D eigenvalue weighted by atomic mass is 10.0. The fourth-order valence-electron chi connectivity index (χ4n) is 3.57. The van der Waals surface area contributed by atoms with Crippen molar-refractivity contribution in [3.63, 3.8) is 0 Å². The molecule has 0 radical (unpaired) electrons. The molecule has 5 nitrogen and oxygen atoms in total. The molecular weight excluding hydrogens is 483 g/mol. The lowest BCUT2D eigenvalue weighted by molar-refractivity contribution is -0.142. The third-order valence-electron chi connectivity index (χ3n) is 5.45.